The van der Waals surface area contributed by atoms with Gasteiger partial charge >= 0.3 is 0 Å². The largest absolute Gasteiger partial charge is 0.362 e. The van der Waals surface area contributed by atoms with Crippen LogP contribution in [0.25, 0.3) is 0 Å². The second kappa shape index (κ2) is 3.94. The summed E-state index contributed by atoms with van der Waals surface area (Å²) in [6.45, 7) is 2.18. The number of hydrogen-bond acceptors (Lipinski definition) is 3. The predicted octanol–water partition coefficient (Wildman–Crippen LogP) is 0.509. The molecule has 1 N–H and O–H groups in total. The first kappa shape index (κ1) is 8.78. The van der Waals surface area contributed by atoms with Gasteiger partial charge in [0.15, 0.2) is 0 Å². The molecule has 2 atom stereocenters. The van der Waals surface area contributed by atoms with Gasteiger partial charge in [-0.05, 0) is 25.6 Å². The Morgan fingerprint density at radius 3 is 3.15 bits per heavy atom. The monoisotopic (exact) mass is 179 g/mol. The molecule has 2 heterocycles. The molecule has 0 aromatic rings. The van der Waals surface area contributed by atoms with Crippen molar-refractivity contribution >= 4 is 0 Å². The maximum Gasteiger partial charge on any atom is 0.147 e. The molecular formula is C10H15N2O. The van der Waals surface area contributed by atoms with Crippen LogP contribution in [0.2, 0.25) is 0 Å². The van der Waals surface area contributed by atoms with E-state index in [2.05, 4.69) is 23.3 Å². The highest BCUT2D eigenvalue weighted by atomic mass is 16.5. The molecule has 2 rings (SSSR count). The standard InChI is InChI=1S/C10H15N2O/c1-12-7-5-9(8-12)13-10-4-2-3-6-11-10/h2,4,6,9-11H,5,7-8H2,1H3. The lowest BCUT2D eigenvalue weighted by Gasteiger charge is -2.20. The molecule has 1 radical (unpaired) electrons. The fourth-order valence-electron chi connectivity index (χ4n) is 1.67. The first-order valence-electron chi connectivity index (χ1n) is 4.69. The van der Waals surface area contributed by atoms with Crippen molar-refractivity contribution in [1.82, 2.24) is 10.2 Å². The molecule has 1 fully saturated rings. The fourth-order valence-corrected chi connectivity index (χ4v) is 1.67. The van der Waals surface area contributed by atoms with E-state index in [4.69, 9.17) is 4.74 Å². The van der Waals surface area contributed by atoms with Crippen molar-refractivity contribution < 1.29 is 4.74 Å². The molecule has 0 aliphatic carbocycles. The zero-order chi connectivity index (χ0) is 9.10. The Morgan fingerprint density at radius 2 is 2.54 bits per heavy atom. The summed E-state index contributed by atoms with van der Waals surface area (Å²) >= 11 is 0. The molecule has 13 heavy (non-hydrogen) atoms. The van der Waals surface area contributed by atoms with Crippen LogP contribution < -0.4 is 5.32 Å². The lowest BCUT2D eigenvalue weighted by molar-refractivity contribution is 0.00947. The third-order valence-corrected chi connectivity index (χ3v) is 2.39. The van der Waals surface area contributed by atoms with Gasteiger partial charge in [-0.15, -0.1) is 0 Å². The van der Waals surface area contributed by atoms with E-state index < -0.39 is 0 Å². The number of dihydropyridines is 1. The number of likely N-dealkylation sites (tertiary alicyclic amines) is 1. The summed E-state index contributed by atoms with van der Waals surface area (Å²) in [4.78, 5) is 2.29. The molecule has 0 aromatic carbocycles. The molecule has 2 aliphatic rings. The Morgan fingerprint density at radius 1 is 1.62 bits per heavy atom. The van der Waals surface area contributed by atoms with Gasteiger partial charge in [0.05, 0.1) is 6.10 Å². The Hall–Kier alpha value is -0.800. The van der Waals surface area contributed by atoms with Gasteiger partial charge in [0, 0.05) is 19.3 Å². The van der Waals surface area contributed by atoms with Crippen LogP contribution in [0.3, 0.4) is 0 Å². The fraction of sp³-hybridized carbons (Fsp3) is 0.600. The van der Waals surface area contributed by atoms with Crippen LogP contribution in [0, 0.1) is 6.08 Å². The average Bonchev–Trinajstić information content (AvgIpc) is 2.53. The second-order valence-corrected chi connectivity index (χ2v) is 3.57. The highest BCUT2D eigenvalue weighted by Crippen LogP contribution is 2.12. The van der Waals surface area contributed by atoms with Gasteiger partial charge in [-0.1, -0.05) is 6.08 Å². The third-order valence-electron chi connectivity index (χ3n) is 2.39. The van der Waals surface area contributed by atoms with Crippen LogP contribution in [-0.2, 0) is 4.74 Å². The molecule has 3 nitrogen and oxygen atoms in total. The van der Waals surface area contributed by atoms with Gasteiger partial charge in [0.2, 0.25) is 0 Å². The number of allylic oxidation sites excluding steroid dienone is 2. The lowest BCUT2D eigenvalue weighted by atomic mass is 10.3. The zero-order valence-electron chi connectivity index (χ0n) is 7.86. The van der Waals surface area contributed by atoms with Gasteiger partial charge in [-0.2, -0.15) is 0 Å². The topological polar surface area (TPSA) is 24.5 Å². The maximum absolute atomic E-state index is 5.81. The van der Waals surface area contributed by atoms with Crippen molar-refractivity contribution in [3.05, 3.63) is 24.4 Å². The molecule has 1 saturated heterocycles. The van der Waals surface area contributed by atoms with Gasteiger partial charge in [0.1, 0.15) is 6.23 Å². The summed E-state index contributed by atoms with van der Waals surface area (Å²) < 4.78 is 5.81. The van der Waals surface area contributed by atoms with Crippen molar-refractivity contribution in [1.29, 1.82) is 0 Å². The van der Waals surface area contributed by atoms with Gasteiger partial charge in [0.25, 0.3) is 0 Å². The highest BCUT2D eigenvalue weighted by molar-refractivity contribution is 5.04. The van der Waals surface area contributed by atoms with Crippen LogP contribution in [0.15, 0.2) is 18.4 Å². The van der Waals surface area contributed by atoms with Crippen LogP contribution >= 0.6 is 0 Å². The summed E-state index contributed by atoms with van der Waals surface area (Å²) in [6.07, 6.45) is 10.2. The number of nitrogens with zero attached hydrogens (tertiary/aromatic N) is 1. The van der Waals surface area contributed by atoms with E-state index in [1.807, 2.05) is 12.2 Å². The van der Waals surface area contributed by atoms with Crippen molar-refractivity contribution in [2.24, 2.45) is 0 Å². The minimum absolute atomic E-state index is 0.0396. The predicted molar refractivity (Wildman–Crippen MR) is 50.9 cm³/mol. The second-order valence-electron chi connectivity index (χ2n) is 3.57. The van der Waals surface area contributed by atoms with E-state index in [9.17, 15) is 0 Å². The van der Waals surface area contributed by atoms with Crippen LogP contribution in [0.5, 0.6) is 0 Å². The Kier molecular flexibility index (Phi) is 2.66. The Bertz CT molecular complexity index is 225. The van der Waals surface area contributed by atoms with Gasteiger partial charge in [-0.25, -0.2) is 0 Å². The lowest BCUT2D eigenvalue weighted by Crippen LogP contribution is -2.32. The van der Waals surface area contributed by atoms with Gasteiger partial charge in [-0.3, -0.25) is 0 Å². The summed E-state index contributed by atoms with van der Waals surface area (Å²) in [6, 6.07) is 0. The summed E-state index contributed by atoms with van der Waals surface area (Å²) in [5.41, 5.74) is 0. The minimum atomic E-state index is 0.0396. The van der Waals surface area contributed by atoms with E-state index in [0.29, 0.717) is 6.10 Å². The normalized spacial score (nSPS) is 33.6. The Labute approximate surface area is 79.1 Å². The highest BCUT2D eigenvalue weighted by Gasteiger charge is 2.22. The quantitative estimate of drug-likeness (QED) is 0.668. The molecule has 3 heteroatoms. The number of hydrogen-bond donors (Lipinski definition) is 1. The van der Waals surface area contributed by atoms with Crippen LogP contribution in [0.4, 0.5) is 0 Å². The van der Waals surface area contributed by atoms with E-state index in [1.165, 1.54) is 0 Å². The van der Waals surface area contributed by atoms with E-state index in [0.717, 1.165) is 19.5 Å². The van der Waals surface area contributed by atoms with Crippen molar-refractivity contribution in [2.75, 3.05) is 20.1 Å². The van der Waals surface area contributed by atoms with Gasteiger partial charge < -0.3 is 15.0 Å². The van der Waals surface area contributed by atoms with E-state index in [-0.39, 0.29) is 6.23 Å². The van der Waals surface area contributed by atoms with Crippen molar-refractivity contribution in [3.63, 3.8) is 0 Å². The van der Waals surface area contributed by atoms with E-state index in [1.54, 1.807) is 6.20 Å². The molecular weight excluding hydrogens is 164 g/mol. The van der Waals surface area contributed by atoms with Crippen LogP contribution in [0.1, 0.15) is 6.42 Å². The first-order chi connectivity index (χ1) is 6.34. The summed E-state index contributed by atoms with van der Waals surface area (Å²) in [7, 11) is 2.13. The van der Waals surface area contributed by atoms with Crippen molar-refractivity contribution in [2.45, 2.75) is 18.8 Å². The SMILES string of the molecule is CN1CCC(OC2C=C[C]=CN2)C1. The molecule has 0 aromatic heterocycles. The van der Waals surface area contributed by atoms with Crippen LogP contribution in [-0.4, -0.2) is 37.4 Å². The molecule has 0 spiro atoms. The van der Waals surface area contributed by atoms with E-state index >= 15 is 0 Å². The average molecular weight is 179 g/mol. The minimum Gasteiger partial charge on any atom is -0.362 e. The molecule has 2 unspecified atom stereocenters. The van der Waals surface area contributed by atoms with Crippen molar-refractivity contribution in [3.8, 4) is 0 Å². The molecule has 2 aliphatic heterocycles. The summed E-state index contributed by atoms with van der Waals surface area (Å²) in [5, 5.41) is 3.10. The number of ether oxygens (including phenoxy) is 1. The first-order valence-corrected chi connectivity index (χ1v) is 4.69. The maximum atomic E-state index is 5.81. The smallest absolute Gasteiger partial charge is 0.147 e. The summed E-state index contributed by atoms with van der Waals surface area (Å²) in [5.74, 6) is 0. The Balaban J connectivity index is 1.78. The number of rotatable bonds is 2. The zero-order valence-corrected chi connectivity index (χ0v) is 7.86. The molecule has 71 valence electrons. The number of nitrogens with one attached hydrogen (secondary N) is 1. The number of likely N-dealkylation sites (N-methyl/N-ethyl adjacent to an activating group) is 1. The molecule has 0 bridgehead atoms. The molecule has 0 saturated carbocycles. The third kappa shape index (κ3) is 2.32. The molecule has 0 amide bonds.